The molecule has 0 unspecified atom stereocenters. The van der Waals surface area contributed by atoms with Crippen LogP contribution in [-0.4, -0.2) is 25.6 Å². The van der Waals surface area contributed by atoms with Gasteiger partial charge in [0.05, 0.1) is 12.2 Å². The Hall–Kier alpha value is -0.780. The smallest absolute Gasteiger partial charge is 0.380 e. The molecule has 0 aliphatic heterocycles. The molecule has 0 bridgehead atoms. The van der Waals surface area contributed by atoms with Crippen LogP contribution >= 0.6 is 11.6 Å². The maximum atomic E-state index is 12.5. The van der Waals surface area contributed by atoms with Gasteiger partial charge in [-0.25, -0.2) is 0 Å². The Morgan fingerprint density at radius 1 is 1.21 bits per heavy atom. The van der Waals surface area contributed by atoms with Crippen molar-refractivity contribution in [3.8, 4) is 0 Å². The molecule has 0 radical (unpaired) electrons. The topological polar surface area (TPSA) is 21.3 Å². The van der Waals surface area contributed by atoms with E-state index in [1.165, 1.54) is 6.07 Å². The van der Waals surface area contributed by atoms with Crippen LogP contribution in [0.4, 0.5) is 13.2 Å². The normalized spacial score (nSPS) is 11.8. The van der Waals surface area contributed by atoms with Gasteiger partial charge in [0.2, 0.25) is 0 Å². The van der Waals surface area contributed by atoms with E-state index in [1.54, 1.807) is 6.07 Å². The van der Waals surface area contributed by atoms with Gasteiger partial charge < -0.3 is 10.1 Å². The number of alkyl halides is 4. The number of hydrogen-bond donors (Lipinski definition) is 1. The summed E-state index contributed by atoms with van der Waals surface area (Å²) in [4.78, 5) is 0. The second kappa shape index (κ2) is 8.40. The summed E-state index contributed by atoms with van der Waals surface area (Å²) in [6.45, 7) is 2.23. The van der Waals surface area contributed by atoms with E-state index in [9.17, 15) is 13.2 Å². The third-order valence-electron chi connectivity index (χ3n) is 2.45. The van der Waals surface area contributed by atoms with Crippen molar-refractivity contribution >= 4 is 11.6 Å². The average molecular weight is 296 g/mol. The molecular formula is C13H17ClF3NO. The van der Waals surface area contributed by atoms with Gasteiger partial charge in [0.15, 0.2) is 0 Å². The lowest BCUT2D eigenvalue weighted by atomic mass is 10.1. The van der Waals surface area contributed by atoms with E-state index in [1.807, 2.05) is 0 Å². The molecule has 0 aromatic heterocycles. The van der Waals surface area contributed by atoms with Gasteiger partial charge in [-0.05, 0) is 24.6 Å². The Labute approximate surface area is 115 Å². The first-order valence-corrected chi connectivity index (χ1v) is 6.58. The zero-order valence-electron chi connectivity index (χ0n) is 10.5. The molecule has 0 amide bonds. The highest BCUT2D eigenvalue weighted by Crippen LogP contribution is 2.29. The van der Waals surface area contributed by atoms with Crippen LogP contribution in [0.5, 0.6) is 0 Å². The number of hydrogen-bond acceptors (Lipinski definition) is 2. The van der Waals surface area contributed by atoms with E-state index in [-0.39, 0.29) is 0 Å². The van der Waals surface area contributed by atoms with Crippen molar-refractivity contribution in [3.05, 3.63) is 35.4 Å². The lowest BCUT2D eigenvalue weighted by Crippen LogP contribution is -2.17. The van der Waals surface area contributed by atoms with Gasteiger partial charge in [0.1, 0.15) is 0 Å². The van der Waals surface area contributed by atoms with Crippen LogP contribution in [0.2, 0.25) is 0 Å². The number of ether oxygens (including phenoxy) is 1. The Morgan fingerprint density at radius 3 is 2.68 bits per heavy atom. The maximum Gasteiger partial charge on any atom is 0.416 e. The van der Waals surface area contributed by atoms with Crippen molar-refractivity contribution in [2.75, 3.05) is 25.6 Å². The fraction of sp³-hybridized carbons (Fsp3) is 0.538. The molecule has 108 valence electrons. The summed E-state index contributed by atoms with van der Waals surface area (Å²) in [6.07, 6.45) is -3.48. The zero-order chi connectivity index (χ0) is 14.1. The van der Waals surface area contributed by atoms with Gasteiger partial charge in [-0.3, -0.25) is 0 Å². The molecule has 1 rings (SSSR count). The van der Waals surface area contributed by atoms with Gasteiger partial charge in [0, 0.05) is 19.0 Å². The molecule has 2 nitrogen and oxygen atoms in total. The van der Waals surface area contributed by atoms with E-state index in [4.69, 9.17) is 16.3 Å². The van der Waals surface area contributed by atoms with Crippen LogP contribution in [-0.2, 0) is 17.5 Å². The van der Waals surface area contributed by atoms with E-state index in [2.05, 4.69) is 5.32 Å². The molecule has 1 aromatic rings. The monoisotopic (exact) mass is 295 g/mol. The SMILES string of the molecule is FC(F)(F)c1cccc(CNCCCOCCCl)c1. The Morgan fingerprint density at radius 2 is 2.00 bits per heavy atom. The predicted molar refractivity (Wildman–Crippen MR) is 69.3 cm³/mol. The van der Waals surface area contributed by atoms with Crippen molar-refractivity contribution in [2.45, 2.75) is 19.1 Å². The standard InChI is InChI=1S/C13H17ClF3NO/c14-5-8-19-7-2-6-18-10-11-3-1-4-12(9-11)13(15,16)17/h1,3-4,9,18H,2,5-8,10H2. The van der Waals surface area contributed by atoms with Crippen molar-refractivity contribution in [2.24, 2.45) is 0 Å². The summed E-state index contributed by atoms with van der Waals surface area (Å²) in [5.41, 5.74) is 0.00810. The molecular weight excluding hydrogens is 279 g/mol. The first-order chi connectivity index (χ1) is 9.04. The van der Waals surface area contributed by atoms with Gasteiger partial charge in [-0.2, -0.15) is 13.2 Å². The minimum absolute atomic E-state index is 0.416. The van der Waals surface area contributed by atoms with Crippen molar-refractivity contribution in [3.63, 3.8) is 0 Å². The maximum absolute atomic E-state index is 12.5. The zero-order valence-corrected chi connectivity index (χ0v) is 11.2. The molecule has 0 aliphatic carbocycles. The lowest BCUT2D eigenvalue weighted by molar-refractivity contribution is -0.137. The molecule has 19 heavy (non-hydrogen) atoms. The fourth-order valence-corrected chi connectivity index (χ4v) is 1.66. The van der Waals surface area contributed by atoms with Crippen molar-refractivity contribution in [1.82, 2.24) is 5.32 Å². The highest BCUT2D eigenvalue weighted by atomic mass is 35.5. The number of nitrogens with one attached hydrogen (secondary N) is 1. The van der Waals surface area contributed by atoms with Gasteiger partial charge in [0.25, 0.3) is 0 Å². The van der Waals surface area contributed by atoms with Crippen LogP contribution in [0.1, 0.15) is 17.5 Å². The van der Waals surface area contributed by atoms with Crippen LogP contribution in [0.25, 0.3) is 0 Å². The molecule has 0 atom stereocenters. The van der Waals surface area contributed by atoms with Crippen molar-refractivity contribution < 1.29 is 17.9 Å². The molecule has 1 aromatic carbocycles. The first-order valence-electron chi connectivity index (χ1n) is 6.04. The Bertz CT molecular complexity index is 371. The Kier molecular flexibility index (Phi) is 7.20. The molecule has 0 saturated carbocycles. The summed E-state index contributed by atoms with van der Waals surface area (Å²) in [5, 5.41) is 3.08. The van der Waals surface area contributed by atoms with Crippen LogP contribution in [0, 0.1) is 0 Å². The second-order valence-corrected chi connectivity index (χ2v) is 4.41. The van der Waals surface area contributed by atoms with Crippen LogP contribution in [0.15, 0.2) is 24.3 Å². The van der Waals surface area contributed by atoms with Gasteiger partial charge >= 0.3 is 6.18 Å². The molecule has 0 aliphatic rings. The van der Waals surface area contributed by atoms with Crippen LogP contribution < -0.4 is 5.32 Å². The third-order valence-corrected chi connectivity index (χ3v) is 2.60. The molecule has 0 saturated heterocycles. The minimum Gasteiger partial charge on any atom is -0.380 e. The summed E-state index contributed by atoms with van der Waals surface area (Å²) >= 11 is 5.44. The number of benzene rings is 1. The fourth-order valence-electron chi connectivity index (χ4n) is 1.55. The number of halogens is 4. The van der Waals surface area contributed by atoms with Gasteiger partial charge in [-0.1, -0.05) is 18.2 Å². The second-order valence-electron chi connectivity index (χ2n) is 4.03. The highest BCUT2D eigenvalue weighted by Gasteiger charge is 2.30. The summed E-state index contributed by atoms with van der Waals surface area (Å²) in [7, 11) is 0. The lowest BCUT2D eigenvalue weighted by Gasteiger charge is -2.09. The van der Waals surface area contributed by atoms with Crippen LogP contribution in [0.3, 0.4) is 0 Å². The summed E-state index contributed by atoms with van der Waals surface area (Å²) in [5.74, 6) is 0.470. The van der Waals surface area contributed by atoms with Gasteiger partial charge in [-0.15, -0.1) is 11.6 Å². The first kappa shape index (κ1) is 16.3. The highest BCUT2D eigenvalue weighted by molar-refractivity contribution is 6.17. The average Bonchev–Trinajstić information content (AvgIpc) is 2.37. The third kappa shape index (κ3) is 6.80. The van der Waals surface area contributed by atoms with E-state index < -0.39 is 11.7 Å². The summed E-state index contributed by atoms with van der Waals surface area (Å²) in [6, 6.07) is 5.33. The quantitative estimate of drug-likeness (QED) is 0.586. The van der Waals surface area contributed by atoms with Crippen molar-refractivity contribution in [1.29, 1.82) is 0 Å². The summed E-state index contributed by atoms with van der Waals surface area (Å²) < 4.78 is 42.6. The van der Waals surface area contributed by atoms with E-state index in [0.29, 0.717) is 37.7 Å². The van der Waals surface area contributed by atoms with E-state index >= 15 is 0 Å². The Balaban J connectivity index is 2.26. The van der Waals surface area contributed by atoms with E-state index in [0.717, 1.165) is 18.6 Å². The largest absolute Gasteiger partial charge is 0.416 e. The predicted octanol–water partition coefficient (Wildman–Crippen LogP) is 3.44. The molecule has 0 heterocycles. The molecule has 0 spiro atoms. The molecule has 6 heteroatoms. The minimum atomic E-state index is -4.29. The number of rotatable bonds is 8. The molecule has 1 N–H and O–H groups in total. The molecule has 0 fully saturated rings.